The molecule has 1 saturated heterocycles. The van der Waals surface area contributed by atoms with Gasteiger partial charge in [0.05, 0.1) is 5.52 Å². The van der Waals surface area contributed by atoms with E-state index in [0.717, 1.165) is 46.1 Å². The third-order valence-corrected chi connectivity index (χ3v) is 7.90. The first kappa shape index (κ1) is 27.7. The number of carbonyl (C=O) groups is 2. The number of hydrogen-bond donors (Lipinski definition) is 3. The number of aromatic nitrogens is 1. The van der Waals surface area contributed by atoms with E-state index in [9.17, 15) is 14.4 Å². The summed E-state index contributed by atoms with van der Waals surface area (Å²) in [5, 5.41) is 5.81. The number of anilines is 1. The minimum atomic E-state index is -0.472. The van der Waals surface area contributed by atoms with Crippen LogP contribution >= 0.6 is 23.2 Å². The lowest BCUT2D eigenvalue weighted by atomic mass is 9.84. The quantitative estimate of drug-likeness (QED) is 0.234. The van der Waals surface area contributed by atoms with Crippen molar-refractivity contribution in [2.24, 2.45) is 5.73 Å². The number of hydrogen-bond acceptors (Lipinski definition) is 4. The molecular weight excluding hydrogens is 547 g/mol. The second-order valence-electron chi connectivity index (χ2n) is 10.2. The number of fused-ring (bicyclic) bond motifs is 1. The largest absolute Gasteiger partial charge is 0.381 e. The number of primary amides is 1. The van der Waals surface area contributed by atoms with Gasteiger partial charge in [-0.1, -0.05) is 53.5 Å². The number of piperidine rings is 1. The second kappa shape index (κ2) is 12.1. The van der Waals surface area contributed by atoms with Crippen LogP contribution in [0.2, 0.25) is 10.0 Å². The zero-order valence-electron chi connectivity index (χ0n) is 21.8. The summed E-state index contributed by atoms with van der Waals surface area (Å²) in [4.78, 5) is 40.7. The molecule has 1 aromatic heterocycles. The Morgan fingerprint density at radius 2 is 1.45 bits per heavy atom. The van der Waals surface area contributed by atoms with Crippen LogP contribution in [0.4, 0.5) is 5.69 Å². The number of benzene rings is 3. The number of nitrogens with two attached hydrogens (primary N) is 1. The van der Waals surface area contributed by atoms with Gasteiger partial charge in [-0.2, -0.15) is 0 Å². The molecule has 0 aliphatic carbocycles. The Morgan fingerprint density at radius 3 is 2.02 bits per heavy atom. The number of rotatable bonds is 8. The predicted octanol–water partition coefficient (Wildman–Crippen LogP) is 5.68. The minimum absolute atomic E-state index is 0.0565. The number of pyridine rings is 1. The second-order valence-corrected chi connectivity index (χ2v) is 11.0. The van der Waals surface area contributed by atoms with E-state index in [1.165, 1.54) is 0 Å². The summed E-state index contributed by atoms with van der Waals surface area (Å²) in [7, 11) is 0. The van der Waals surface area contributed by atoms with Crippen LogP contribution in [0.25, 0.3) is 10.9 Å². The number of likely N-dealkylation sites (tertiary alicyclic amines) is 1. The van der Waals surface area contributed by atoms with Crippen molar-refractivity contribution >= 4 is 51.6 Å². The number of nitrogens with zero attached hydrogens (tertiary/aromatic N) is 1. The van der Waals surface area contributed by atoms with Gasteiger partial charge in [-0.05, 0) is 65.9 Å². The summed E-state index contributed by atoms with van der Waals surface area (Å²) in [5.74, 6) is -0.605. The van der Waals surface area contributed by atoms with Crippen molar-refractivity contribution in [2.45, 2.75) is 37.6 Å². The summed E-state index contributed by atoms with van der Waals surface area (Å²) in [5.41, 5.74) is 9.71. The van der Waals surface area contributed by atoms with Crippen LogP contribution in [-0.4, -0.2) is 40.8 Å². The van der Waals surface area contributed by atoms with Crippen molar-refractivity contribution in [3.8, 4) is 0 Å². The van der Waals surface area contributed by atoms with Crippen LogP contribution < -0.4 is 16.6 Å². The topological polar surface area (TPSA) is 108 Å². The van der Waals surface area contributed by atoms with Gasteiger partial charge in [-0.3, -0.25) is 14.4 Å². The molecule has 0 atom stereocenters. The number of amides is 2. The van der Waals surface area contributed by atoms with Gasteiger partial charge in [0, 0.05) is 65.1 Å². The van der Waals surface area contributed by atoms with E-state index in [4.69, 9.17) is 28.9 Å². The van der Waals surface area contributed by atoms with E-state index in [2.05, 4.69) is 16.4 Å². The summed E-state index contributed by atoms with van der Waals surface area (Å²) >= 11 is 12.4. The maximum absolute atomic E-state index is 12.5. The van der Waals surface area contributed by atoms with E-state index in [-0.39, 0.29) is 36.3 Å². The molecule has 40 heavy (non-hydrogen) atoms. The summed E-state index contributed by atoms with van der Waals surface area (Å²) < 4.78 is 0. The van der Waals surface area contributed by atoms with Crippen molar-refractivity contribution < 1.29 is 9.59 Å². The monoisotopic (exact) mass is 576 g/mol. The molecule has 0 bridgehead atoms. The van der Waals surface area contributed by atoms with E-state index in [1.807, 2.05) is 60.7 Å². The molecule has 4 N–H and O–H groups in total. The predicted molar refractivity (Wildman–Crippen MR) is 160 cm³/mol. The maximum Gasteiger partial charge on any atom is 0.250 e. The lowest BCUT2D eigenvalue weighted by Gasteiger charge is -2.33. The number of carbonyl (C=O) groups excluding carboxylic acids is 2. The Morgan fingerprint density at radius 1 is 0.875 bits per heavy atom. The first-order valence-corrected chi connectivity index (χ1v) is 14.0. The van der Waals surface area contributed by atoms with Crippen molar-refractivity contribution in [2.75, 3.05) is 18.4 Å². The van der Waals surface area contributed by atoms with Crippen LogP contribution in [0, 0.1) is 0 Å². The van der Waals surface area contributed by atoms with Crippen molar-refractivity contribution in [1.82, 2.24) is 9.88 Å². The molecule has 0 unspecified atom stereocenters. The number of H-pyrrole nitrogens is 1. The zero-order valence-corrected chi connectivity index (χ0v) is 23.3. The Hall–Kier alpha value is -3.81. The van der Waals surface area contributed by atoms with Crippen LogP contribution in [0.15, 0.2) is 77.6 Å². The van der Waals surface area contributed by atoms with E-state index in [1.54, 1.807) is 11.0 Å². The van der Waals surface area contributed by atoms with Gasteiger partial charge in [0.25, 0.3) is 0 Å². The fraction of sp³-hybridized carbons (Fsp3) is 0.258. The normalized spacial score (nSPS) is 14.0. The summed E-state index contributed by atoms with van der Waals surface area (Å²) in [6, 6.07) is 23.4. The third-order valence-electron chi connectivity index (χ3n) is 7.40. The molecular formula is C31H30Cl2N4O3. The van der Waals surface area contributed by atoms with Gasteiger partial charge in [-0.25, -0.2) is 0 Å². The van der Waals surface area contributed by atoms with Crippen LogP contribution in [-0.2, 0) is 9.59 Å². The standard InChI is InChI=1S/C31H30Cl2N4O3/c32-22-6-1-19(2-7-22)31(20-3-8-23(33)9-4-20)21-5-10-26-25(17-21)27(18-29(39)36-26)35-24-13-15-37(16-14-24)30(40)12-11-28(34)38/h1-10,17-18,24,31H,11-16H2,(H2,34,38)(H2,35,36,39). The smallest absolute Gasteiger partial charge is 0.250 e. The highest BCUT2D eigenvalue weighted by molar-refractivity contribution is 6.30. The Labute approximate surface area is 242 Å². The average Bonchev–Trinajstić information content (AvgIpc) is 2.94. The molecule has 206 valence electrons. The first-order chi connectivity index (χ1) is 19.3. The lowest BCUT2D eigenvalue weighted by molar-refractivity contribution is -0.134. The molecule has 5 rings (SSSR count). The SMILES string of the molecule is NC(=O)CCC(=O)N1CCC(Nc2cc(=O)[nH]c3ccc(C(c4ccc(Cl)cc4)c4ccc(Cl)cc4)cc23)CC1. The first-order valence-electron chi connectivity index (χ1n) is 13.3. The number of aromatic amines is 1. The van der Waals surface area contributed by atoms with E-state index in [0.29, 0.717) is 23.1 Å². The van der Waals surface area contributed by atoms with E-state index >= 15 is 0 Å². The molecule has 2 heterocycles. The fourth-order valence-corrected chi connectivity index (χ4v) is 5.59. The molecule has 9 heteroatoms. The average molecular weight is 578 g/mol. The van der Waals surface area contributed by atoms with Gasteiger partial charge >= 0.3 is 0 Å². The van der Waals surface area contributed by atoms with Gasteiger partial charge in [0.1, 0.15) is 0 Å². The molecule has 7 nitrogen and oxygen atoms in total. The number of nitrogens with one attached hydrogen (secondary N) is 2. The molecule has 0 saturated carbocycles. The summed E-state index contributed by atoms with van der Waals surface area (Å²) in [6.45, 7) is 1.16. The molecule has 0 spiro atoms. The van der Waals surface area contributed by atoms with Gasteiger partial charge in [0.15, 0.2) is 0 Å². The maximum atomic E-state index is 12.5. The minimum Gasteiger partial charge on any atom is -0.381 e. The van der Waals surface area contributed by atoms with Gasteiger partial charge in [-0.15, -0.1) is 0 Å². The summed E-state index contributed by atoms with van der Waals surface area (Å²) in [6.07, 6.45) is 1.66. The molecule has 1 aliphatic heterocycles. The molecule has 0 radical (unpaired) electrons. The Bertz CT molecular complexity index is 1530. The van der Waals surface area contributed by atoms with Gasteiger partial charge < -0.3 is 20.9 Å². The van der Waals surface area contributed by atoms with Crippen molar-refractivity contribution in [1.29, 1.82) is 0 Å². The molecule has 3 aromatic carbocycles. The third kappa shape index (κ3) is 6.49. The van der Waals surface area contributed by atoms with Crippen LogP contribution in [0.3, 0.4) is 0 Å². The van der Waals surface area contributed by atoms with Crippen LogP contribution in [0.1, 0.15) is 48.3 Å². The lowest BCUT2D eigenvalue weighted by Crippen LogP contribution is -2.42. The van der Waals surface area contributed by atoms with Crippen molar-refractivity contribution in [3.05, 3.63) is 110 Å². The Kier molecular flexibility index (Phi) is 8.43. The Balaban J connectivity index is 1.44. The molecule has 2 amide bonds. The molecule has 1 aliphatic rings. The highest BCUT2D eigenvalue weighted by atomic mass is 35.5. The molecule has 1 fully saturated rings. The van der Waals surface area contributed by atoms with Crippen LogP contribution in [0.5, 0.6) is 0 Å². The highest BCUT2D eigenvalue weighted by Crippen LogP contribution is 2.36. The molecule has 4 aromatic rings. The fourth-order valence-electron chi connectivity index (χ4n) is 5.34. The van der Waals surface area contributed by atoms with Gasteiger partial charge in [0.2, 0.25) is 17.4 Å². The van der Waals surface area contributed by atoms with Crippen molar-refractivity contribution in [3.63, 3.8) is 0 Å². The highest BCUT2D eigenvalue weighted by Gasteiger charge is 2.24. The zero-order chi connectivity index (χ0) is 28.2. The van der Waals surface area contributed by atoms with E-state index < -0.39 is 5.91 Å². The number of halogens is 2.